The molecule has 0 aliphatic rings. The van der Waals surface area contributed by atoms with Crippen LogP contribution in [0.2, 0.25) is 0 Å². The molecule has 0 fully saturated rings. The number of fused-ring (bicyclic) bond motifs is 1. The summed E-state index contributed by atoms with van der Waals surface area (Å²) >= 11 is 0. The average Bonchev–Trinajstić information content (AvgIpc) is 2.77. The van der Waals surface area contributed by atoms with Gasteiger partial charge in [0.05, 0.1) is 5.52 Å². The van der Waals surface area contributed by atoms with Gasteiger partial charge >= 0.3 is 0 Å². The van der Waals surface area contributed by atoms with Crippen LogP contribution in [0.15, 0.2) is 83.7 Å². The zero-order valence-corrected chi connectivity index (χ0v) is 16.0. The average molecular weight is 387 g/mol. The van der Waals surface area contributed by atoms with Gasteiger partial charge in [0.1, 0.15) is 19.0 Å². The van der Waals surface area contributed by atoms with E-state index >= 15 is 0 Å². The molecule has 29 heavy (non-hydrogen) atoms. The minimum atomic E-state index is -0.397. The third kappa shape index (κ3) is 3.94. The highest BCUT2D eigenvalue weighted by Crippen LogP contribution is 2.33. The maximum atomic E-state index is 12.8. The molecule has 3 aromatic carbocycles. The lowest BCUT2D eigenvalue weighted by atomic mass is 10.1. The first kappa shape index (κ1) is 18.6. The number of rotatable bonds is 6. The van der Waals surface area contributed by atoms with E-state index in [2.05, 4.69) is 0 Å². The third-order valence-corrected chi connectivity index (χ3v) is 4.77. The fraction of sp³-hybridized carbons (Fsp3) is 0.125. The molecule has 1 N–H and O–H groups in total. The molecule has 0 amide bonds. The number of nitrogens with zero attached hydrogens (tertiary/aromatic N) is 1. The van der Waals surface area contributed by atoms with E-state index in [1.165, 1.54) is 4.57 Å². The SMILES string of the molecule is Cn1c(=O)c(OCc2ccccc2)c(O)c2ccc(OCc3ccccc3)cc21. The molecule has 0 radical (unpaired) electrons. The molecule has 0 atom stereocenters. The van der Waals surface area contributed by atoms with Crippen LogP contribution in [-0.2, 0) is 20.3 Å². The molecule has 0 aliphatic carbocycles. The van der Waals surface area contributed by atoms with E-state index in [0.29, 0.717) is 23.3 Å². The molecule has 0 saturated heterocycles. The van der Waals surface area contributed by atoms with Crippen molar-refractivity contribution in [3.8, 4) is 17.2 Å². The second kappa shape index (κ2) is 8.10. The Morgan fingerprint density at radius 2 is 1.41 bits per heavy atom. The highest BCUT2D eigenvalue weighted by Gasteiger charge is 2.17. The number of pyridine rings is 1. The monoisotopic (exact) mass is 387 g/mol. The lowest BCUT2D eigenvalue weighted by molar-refractivity contribution is 0.284. The van der Waals surface area contributed by atoms with E-state index in [9.17, 15) is 9.90 Å². The summed E-state index contributed by atoms with van der Waals surface area (Å²) in [5.74, 6) is 0.407. The Morgan fingerprint density at radius 3 is 2.03 bits per heavy atom. The first-order chi connectivity index (χ1) is 14.1. The number of hydrogen-bond acceptors (Lipinski definition) is 4. The summed E-state index contributed by atoms with van der Waals surface area (Å²) in [4.78, 5) is 12.8. The van der Waals surface area contributed by atoms with Gasteiger partial charge in [-0.3, -0.25) is 4.79 Å². The van der Waals surface area contributed by atoms with Crippen LogP contribution >= 0.6 is 0 Å². The van der Waals surface area contributed by atoms with Crippen molar-refractivity contribution < 1.29 is 14.6 Å². The summed E-state index contributed by atoms with van der Waals surface area (Å²) in [7, 11) is 1.65. The van der Waals surface area contributed by atoms with Crippen LogP contribution in [0.4, 0.5) is 0 Å². The van der Waals surface area contributed by atoms with Gasteiger partial charge in [-0.1, -0.05) is 60.7 Å². The molecule has 0 saturated carbocycles. The number of aromatic hydroxyl groups is 1. The normalized spacial score (nSPS) is 10.8. The lowest BCUT2D eigenvalue weighted by Gasteiger charge is -2.14. The summed E-state index contributed by atoms with van der Waals surface area (Å²) in [5.41, 5.74) is 2.14. The number of aromatic nitrogens is 1. The van der Waals surface area contributed by atoms with Crippen molar-refractivity contribution in [2.75, 3.05) is 0 Å². The largest absolute Gasteiger partial charge is 0.504 e. The van der Waals surface area contributed by atoms with Gasteiger partial charge in [0.25, 0.3) is 5.56 Å². The van der Waals surface area contributed by atoms with E-state index in [1.54, 1.807) is 25.2 Å². The second-order valence-corrected chi connectivity index (χ2v) is 6.77. The van der Waals surface area contributed by atoms with Gasteiger partial charge in [0.15, 0.2) is 5.75 Å². The number of hydrogen-bond donors (Lipinski definition) is 1. The lowest BCUT2D eigenvalue weighted by Crippen LogP contribution is -2.20. The number of ether oxygens (including phenoxy) is 2. The fourth-order valence-corrected chi connectivity index (χ4v) is 3.17. The molecule has 5 nitrogen and oxygen atoms in total. The molecule has 0 unspecified atom stereocenters. The Hall–Kier alpha value is -3.73. The van der Waals surface area contributed by atoms with Gasteiger partial charge in [-0.05, 0) is 23.3 Å². The highest BCUT2D eigenvalue weighted by atomic mass is 16.5. The number of benzene rings is 3. The molecular formula is C24H21NO4. The second-order valence-electron chi connectivity index (χ2n) is 6.77. The van der Waals surface area contributed by atoms with Crippen LogP contribution < -0.4 is 15.0 Å². The van der Waals surface area contributed by atoms with E-state index in [1.807, 2.05) is 60.7 Å². The van der Waals surface area contributed by atoms with Gasteiger partial charge < -0.3 is 19.1 Å². The molecule has 0 spiro atoms. The zero-order chi connectivity index (χ0) is 20.2. The summed E-state index contributed by atoms with van der Waals surface area (Å²) in [6, 6.07) is 24.6. The summed E-state index contributed by atoms with van der Waals surface area (Å²) < 4.78 is 13.0. The van der Waals surface area contributed by atoms with Crippen molar-refractivity contribution in [2.24, 2.45) is 7.05 Å². The quantitative estimate of drug-likeness (QED) is 0.533. The van der Waals surface area contributed by atoms with Crippen molar-refractivity contribution in [1.29, 1.82) is 0 Å². The van der Waals surface area contributed by atoms with Crippen LogP contribution in [0, 0.1) is 0 Å². The highest BCUT2D eigenvalue weighted by molar-refractivity contribution is 5.88. The Kier molecular flexibility index (Phi) is 5.20. The third-order valence-electron chi connectivity index (χ3n) is 4.77. The van der Waals surface area contributed by atoms with Crippen molar-refractivity contribution in [3.05, 3.63) is 100 Å². The maximum Gasteiger partial charge on any atom is 0.297 e. The van der Waals surface area contributed by atoms with Gasteiger partial charge in [-0.25, -0.2) is 0 Å². The Morgan fingerprint density at radius 1 is 0.828 bits per heavy atom. The minimum Gasteiger partial charge on any atom is -0.504 e. The van der Waals surface area contributed by atoms with Crippen LogP contribution in [0.3, 0.4) is 0 Å². The van der Waals surface area contributed by atoms with E-state index in [-0.39, 0.29) is 18.1 Å². The first-order valence-electron chi connectivity index (χ1n) is 9.32. The van der Waals surface area contributed by atoms with Crippen LogP contribution in [-0.4, -0.2) is 9.67 Å². The molecular weight excluding hydrogens is 366 g/mol. The van der Waals surface area contributed by atoms with Crippen LogP contribution in [0.25, 0.3) is 10.9 Å². The topological polar surface area (TPSA) is 60.7 Å². The maximum absolute atomic E-state index is 12.8. The molecule has 146 valence electrons. The predicted molar refractivity (Wildman–Crippen MR) is 112 cm³/mol. The van der Waals surface area contributed by atoms with Crippen LogP contribution in [0.1, 0.15) is 11.1 Å². The van der Waals surface area contributed by atoms with Crippen molar-refractivity contribution in [1.82, 2.24) is 4.57 Å². The first-order valence-corrected chi connectivity index (χ1v) is 9.32. The van der Waals surface area contributed by atoms with E-state index in [4.69, 9.17) is 9.47 Å². The molecule has 5 heteroatoms. The molecule has 1 heterocycles. The van der Waals surface area contributed by atoms with Crippen LogP contribution in [0.5, 0.6) is 17.2 Å². The van der Waals surface area contributed by atoms with Gasteiger partial charge in [0, 0.05) is 18.5 Å². The van der Waals surface area contributed by atoms with Crippen molar-refractivity contribution in [3.63, 3.8) is 0 Å². The molecule has 0 aliphatic heterocycles. The molecule has 4 aromatic rings. The van der Waals surface area contributed by atoms with E-state index in [0.717, 1.165) is 11.1 Å². The Bertz CT molecular complexity index is 1180. The Labute approximate surface area is 168 Å². The summed E-state index contributed by atoms with van der Waals surface area (Å²) in [6.07, 6.45) is 0. The van der Waals surface area contributed by atoms with Gasteiger partial charge in [0.2, 0.25) is 5.75 Å². The minimum absolute atomic E-state index is 0.0539. The zero-order valence-electron chi connectivity index (χ0n) is 16.0. The van der Waals surface area contributed by atoms with Crippen molar-refractivity contribution >= 4 is 10.9 Å². The van der Waals surface area contributed by atoms with Gasteiger partial charge in [-0.15, -0.1) is 0 Å². The Balaban J connectivity index is 1.62. The number of aryl methyl sites for hydroxylation is 1. The smallest absolute Gasteiger partial charge is 0.297 e. The molecule has 0 bridgehead atoms. The standard InChI is InChI=1S/C24H21NO4/c1-25-21-14-19(28-15-17-8-4-2-5-9-17)12-13-20(21)22(26)23(24(25)27)29-16-18-10-6-3-7-11-18/h2-14,26H,15-16H2,1H3. The summed E-state index contributed by atoms with van der Waals surface area (Å²) in [6.45, 7) is 0.623. The molecule has 1 aromatic heterocycles. The fourth-order valence-electron chi connectivity index (χ4n) is 3.17. The molecule has 4 rings (SSSR count). The summed E-state index contributed by atoms with van der Waals surface area (Å²) in [5, 5.41) is 11.2. The predicted octanol–water partition coefficient (Wildman–Crippen LogP) is 4.40. The van der Waals surface area contributed by atoms with E-state index < -0.39 is 5.56 Å². The van der Waals surface area contributed by atoms with Gasteiger partial charge in [-0.2, -0.15) is 0 Å². The van der Waals surface area contributed by atoms with Crippen molar-refractivity contribution in [2.45, 2.75) is 13.2 Å².